The number of fused-ring (bicyclic) bond motifs is 1. The van der Waals surface area contributed by atoms with E-state index in [4.69, 9.17) is 4.74 Å². The molecule has 1 aliphatic heterocycles. The molecule has 0 fully saturated rings. The molecule has 0 radical (unpaired) electrons. The molecule has 0 atom stereocenters. The number of imidazole rings is 1. The standard InChI is InChI=1S/C19H18N4O2S/c1-13-5-4-9-23-11-14(21-17(13)23)12-25-16-7-3-2-6-15(16)18(24)22-19-20-8-10-26-19/h2-7,9,11H,8,10,12H2,1H3,(H,20,22,24). The molecule has 0 saturated heterocycles. The molecule has 1 aliphatic rings. The van der Waals surface area contributed by atoms with Gasteiger partial charge in [-0.2, -0.15) is 0 Å². The highest BCUT2D eigenvalue weighted by Crippen LogP contribution is 2.20. The maximum atomic E-state index is 12.5. The number of hydrogen-bond acceptors (Lipinski definition) is 5. The molecular weight excluding hydrogens is 348 g/mol. The van der Waals surface area contributed by atoms with E-state index in [0.29, 0.717) is 23.1 Å². The minimum absolute atomic E-state index is 0.209. The van der Waals surface area contributed by atoms with Crippen molar-refractivity contribution in [2.24, 2.45) is 4.99 Å². The summed E-state index contributed by atoms with van der Waals surface area (Å²) in [6.45, 7) is 3.06. The van der Waals surface area contributed by atoms with Gasteiger partial charge >= 0.3 is 0 Å². The first-order chi connectivity index (χ1) is 12.7. The minimum atomic E-state index is -0.209. The molecule has 132 valence electrons. The van der Waals surface area contributed by atoms with Crippen LogP contribution in [0.4, 0.5) is 0 Å². The zero-order valence-corrected chi connectivity index (χ0v) is 15.1. The molecule has 4 rings (SSSR count). The zero-order chi connectivity index (χ0) is 17.9. The molecule has 0 aliphatic carbocycles. The van der Waals surface area contributed by atoms with E-state index in [1.165, 1.54) is 0 Å². The highest BCUT2D eigenvalue weighted by Gasteiger charge is 2.16. The number of pyridine rings is 1. The third-order valence-corrected chi connectivity index (χ3v) is 4.93. The van der Waals surface area contributed by atoms with E-state index in [9.17, 15) is 4.79 Å². The number of ether oxygens (including phenoxy) is 1. The van der Waals surface area contributed by atoms with Crippen LogP contribution >= 0.6 is 11.8 Å². The van der Waals surface area contributed by atoms with Crippen molar-refractivity contribution in [2.75, 3.05) is 12.3 Å². The summed E-state index contributed by atoms with van der Waals surface area (Å²) in [5.41, 5.74) is 3.31. The molecule has 3 heterocycles. The fourth-order valence-electron chi connectivity index (χ4n) is 2.78. The lowest BCUT2D eigenvalue weighted by atomic mass is 10.2. The molecule has 0 unspecified atom stereocenters. The highest BCUT2D eigenvalue weighted by atomic mass is 32.2. The lowest BCUT2D eigenvalue weighted by molar-refractivity contribution is 0.0973. The molecule has 0 bridgehead atoms. The maximum Gasteiger partial charge on any atom is 0.260 e. The number of aromatic nitrogens is 2. The van der Waals surface area contributed by atoms with E-state index >= 15 is 0 Å². The largest absolute Gasteiger partial charge is 0.486 e. The summed E-state index contributed by atoms with van der Waals surface area (Å²) < 4.78 is 7.87. The Morgan fingerprint density at radius 1 is 1.31 bits per heavy atom. The number of nitrogens with one attached hydrogen (secondary N) is 1. The number of amidine groups is 1. The van der Waals surface area contributed by atoms with Crippen LogP contribution in [0.3, 0.4) is 0 Å². The van der Waals surface area contributed by atoms with Crippen LogP contribution in [0, 0.1) is 6.92 Å². The number of amides is 1. The molecule has 1 N–H and O–H groups in total. The fourth-order valence-corrected chi connectivity index (χ4v) is 3.50. The zero-order valence-electron chi connectivity index (χ0n) is 14.3. The number of rotatable bonds is 4. The first kappa shape index (κ1) is 16.7. The number of carbonyl (C=O) groups excluding carboxylic acids is 1. The van der Waals surface area contributed by atoms with Gasteiger partial charge in [-0.1, -0.05) is 30.0 Å². The van der Waals surface area contributed by atoms with Gasteiger partial charge in [-0.05, 0) is 30.7 Å². The Labute approximate surface area is 155 Å². The van der Waals surface area contributed by atoms with Crippen molar-refractivity contribution in [2.45, 2.75) is 13.5 Å². The summed E-state index contributed by atoms with van der Waals surface area (Å²) in [7, 11) is 0. The molecule has 26 heavy (non-hydrogen) atoms. The fraction of sp³-hybridized carbons (Fsp3) is 0.211. The Balaban J connectivity index is 1.50. The second-order valence-corrected chi connectivity index (χ2v) is 7.01. The van der Waals surface area contributed by atoms with Gasteiger partial charge < -0.3 is 14.5 Å². The third-order valence-electron chi connectivity index (χ3n) is 4.04. The Bertz CT molecular complexity index is 996. The summed E-state index contributed by atoms with van der Waals surface area (Å²) in [4.78, 5) is 21.4. The number of para-hydroxylation sites is 1. The van der Waals surface area contributed by atoms with E-state index in [1.807, 2.05) is 48.0 Å². The molecular formula is C19H18N4O2S. The van der Waals surface area contributed by atoms with Crippen molar-refractivity contribution < 1.29 is 9.53 Å². The van der Waals surface area contributed by atoms with Gasteiger partial charge in [0, 0.05) is 18.1 Å². The molecule has 1 aromatic carbocycles. The molecule has 7 heteroatoms. The second-order valence-electron chi connectivity index (χ2n) is 5.93. The molecule has 6 nitrogen and oxygen atoms in total. The van der Waals surface area contributed by atoms with E-state index < -0.39 is 0 Å². The van der Waals surface area contributed by atoms with E-state index in [2.05, 4.69) is 15.3 Å². The van der Waals surface area contributed by atoms with Crippen LogP contribution in [-0.4, -0.2) is 32.8 Å². The van der Waals surface area contributed by atoms with Gasteiger partial charge in [0.1, 0.15) is 18.0 Å². The normalized spacial score (nSPS) is 13.7. The van der Waals surface area contributed by atoms with Gasteiger partial charge in [-0.15, -0.1) is 0 Å². The van der Waals surface area contributed by atoms with Gasteiger partial charge in [0.05, 0.1) is 17.8 Å². The number of carbonyl (C=O) groups is 1. The number of nitrogens with zero attached hydrogens (tertiary/aromatic N) is 3. The van der Waals surface area contributed by atoms with E-state index in [0.717, 1.165) is 29.2 Å². The number of hydrogen-bond donors (Lipinski definition) is 1. The number of aryl methyl sites for hydroxylation is 1. The molecule has 3 aromatic rings. The highest BCUT2D eigenvalue weighted by molar-refractivity contribution is 8.14. The van der Waals surface area contributed by atoms with Crippen LogP contribution < -0.4 is 10.1 Å². The SMILES string of the molecule is Cc1cccn2cc(COc3ccccc3C(=O)NC3=NCCS3)nc12. The third kappa shape index (κ3) is 3.43. The maximum absolute atomic E-state index is 12.5. The van der Waals surface area contributed by atoms with E-state index in [-0.39, 0.29) is 5.91 Å². The van der Waals surface area contributed by atoms with Gasteiger partial charge in [0.2, 0.25) is 0 Å². The van der Waals surface area contributed by atoms with Crippen LogP contribution in [-0.2, 0) is 6.61 Å². The first-order valence-electron chi connectivity index (χ1n) is 8.34. The van der Waals surface area contributed by atoms with Crippen molar-refractivity contribution in [3.05, 3.63) is 65.6 Å². The van der Waals surface area contributed by atoms with Gasteiger partial charge in [0.15, 0.2) is 5.17 Å². The Morgan fingerprint density at radius 3 is 3.00 bits per heavy atom. The minimum Gasteiger partial charge on any atom is -0.486 e. The van der Waals surface area contributed by atoms with Gasteiger partial charge in [-0.25, -0.2) is 4.98 Å². The Morgan fingerprint density at radius 2 is 2.19 bits per heavy atom. The quantitative estimate of drug-likeness (QED) is 0.771. The van der Waals surface area contributed by atoms with Gasteiger partial charge in [0.25, 0.3) is 5.91 Å². The topological polar surface area (TPSA) is 68.0 Å². The van der Waals surface area contributed by atoms with Crippen LogP contribution in [0.5, 0.6) is 5.75 Å². The second kappa shape index (κ2) is 7.21. The monoisotopic (exact) mass is 366 g/mol. The van der Waals surface area contributed by atoms with Crippen molar-refractivity contribution in [1.82, 2.24) is 14.7 Å². The summed E-state index contributed by atoms with van der Waals surface area (Å²) in [5, 5.41) is 3.50. The predicted octanol–water partition coefficient (Wildman–Crippen LogP) is 3.05. The number of thioether (sulfide) groups is 1. The lowest BCUT2D eigenvalue weighted by Gasteiger charge is -2.10. The molecule has 2 aromatic heterocycles. The Kier molecular flexibility index (Phi) is 4.62. The number of aliphatic imine (C=N–C) groups is 1. The average Bonchev–Trinajstić information content (AvgIpc) is 3.30. The lowest BCUT2D eigenvalue weighted by Crippen LogP contribution is -2.27. The molecule has 1 amide bonds. The summed E-state index contributed by atoms with van der Waals surface area (Å²) in [5.74, 6) is 1.23. The smallest absolute Gasteiger partial charge is 0.260 e. The van der Waals surface area contributed by atoms with E-state index in [1.54, 1.807) is 23.9 Å². The van der Waals surface area contributed by atoms with Gasteiger partial charge in [-0.3, -0.25) is 9.79 Å². The summed E-state index contributed by atoms with van der Waals surface area (Å²) in [6, 6.07) is 11.2. The van der Waals surface area contributed by atoms with Crippen molar-refractivity contribution in [3.8, 4) is 5.75 Å². The van der Waals surface area contributed by atoms with Crippen LogP contribution in [0.2, 0.25) is 0 Å². The van der Waals surface area contributed by atoms with Crippen molar-refractivity contribution in [3.63, 3.8) is 0 Å². The van der Waals surface area contributed by atoms with Crippen LogP contribution in [0.25, 0.3) is 5.65 Å². The average molecular weight is 366 g/mol. The first-order valence-corrected chi connectivity index (χ1v) is 9.33. The molecule has 0 saturated carbocycles. The van der Waals surface area contributed by atoms with Crippen molar-refractivity contribution in [1.29, 1.82) is 0 Å². The summed E-state index contributed by atoms with van der Waals surface area (Å²) in [6.07, 6.45) is 3.90. The molecule has 0 spiro atoms. The summed E-state index contributed by atoms with van der Waals surface area (Å²) >= 11 is 1.55. The van der Waals surface area contributed by atoms with Crippen LogP contribution in [0.15, 0.2) is 53.8 Å². The number of benzene rings is 1. The van der Waals surface area contributed by atoms with Crippen LogP contribution in [0.1, 0.15) is 21.6 Å². The predicted molar refractivity (Wildman–Crippen MR) is 103 cm³/mol. The Hall–Kier alpha value is -2.80. The van der Waals surface area contributed by atoms with Crippen molar-refractivity contribution >= 4 is 28.5 Å².